The fourth-order valence-electron chi connectivity index (χ4n) is 7.78. The molecular formula is C47H24F6O8S2. The lowest BCUT2D eigenvalue weighted by atomic mass is 9.79. The Balaban J connectivity index is 1.21. The van der Waals surface area contributed by atoms with Crippen molar-refractivity contribution < 1.29 is 64.6 Å². The van der Waals surface area contributed by atoms with Crippen molar-refractivity contribution in [2.24, 2.45) is 0 Å². The zero-order valence-corrected chi connectivity index (χ0v) is 33.4. The second kappa shape index (κ2) is 15.1. The molecule has 0 spiro atoms. The summed E-state index contributed by atoms with van der Waals surface area (Å²) in [4.78, 5) is 83.3. The first-order valence-electron chi connectivity index (χ1n) is 18.7. The molecule has 6 aromatic rings. The number of esters is 2. The van der Waals surface area contributed by atoms with Crippen molar-refractivity contribution >= 4 is 81.0 Å². The molecule has 9 rings (SSSR count). The zero-order valence-electron chi connectivity index (χ0n) is 31.8. The van der Waals surface area contributed by atoms with E-state index in [1.54, 1.807) is 60.7 Å². The van der Waals surface area contributed by atoms with Crippen LogP contribution in [0.5, 0.6) is 0 Å². The highest BCUT2D eigenvalue weighted by Crippen LogP contribution is 2.58. The number of carbonyl (C=O) groups excluding carboxylic acids is 6. The Morgan fingerprint density at radius 3 is 1.25 bits per heavy atom. The molecule has 8 nitrogen and oxygen atoms in total. The van der Waals surface area contributed by atoms with Gasteiger partial charge in [0.25, 0.3) is 0 Å². The molecule has 2 heterocycles. The number of benzene rings is 4. The van der Waals surface area contributed by atoms with Crippen molar-refractivity contribution in [2.75, 3.05) is 0 Å². The summed E-state index contributed by atoms with van der Waals surface area (Å²) in [6, 6.07) is 24.7. The molecule has 314 valence electrons. The molecule has 4 aromatic carbocycles. The molecule has 0 saturated heterocycles. The number of hydrogen-bond acceptors (Lipinski definition) is 10. The Hall–Kier alpha value is -7.04. The average Bonchev–Trinajstić information content (AvgIpc) is 4.03. The van der Waals surface area contributed by atoms with Gasteiger partial charge in [0, 0.05) is 43.2 Å². The lowest BCUT2D eigenvalue weighted by molar-refractivity contribution is -0.164. The van der Waals surface area contributed by atoms with Crippen LogP contribution >= 0.6 is 22.7 Å². The molecule has 0 amide bonds. The van der Waals surface area contributed by atoms with Crippen molar-refractivity contribution in [3.63, 3.8) is 0 Å². The van der Waals surface area contributed by atoms with Crippen LogP contribution in [0.2, 0.25) is 0 Å². The summed E-state index contributed by atoms with van der Waals surface area (Å²) in [6.07, 6.45) is -7.02. The molecule has 0 N–H and O–H groups in total. The number of fused-ring (bicyclic) bond motifs is 5. The predicted molar refractivity (Wildman–Crippen MR) is 218 cm³/mol. The van der Waals surface area contributed by atoms with Gasteiger partial charge in [-0.3, -0.25) is 28.8 Å². The van der Waals surface area contributed by atoms with E-state index in [1.165, 1.54) is 24.3 Å². The number of allylic oxidation sites excluding steroid dienone is 2. The monoisotopic (exact) mass is 894 g/mol. The van der Waals surface area contributed by atoms with Gasteiger partial charge in [-0.25, -0.2) is 0 Å². The molecule has 0 aliphatic heterocycles. The molecular weight excluding hydrogens is 871 g/mol. The van der Waals surface area contributed by atoms with Crippen molar-refractivity contribution in [2.45, 2.75) is 31.0 Å². The van der Waals surface area contributed by atoms with Gasteiger partial charge in [0.15, 0.2) is 0 Å². The summed E-state index contributed by atoms with van der Waals surface area (Å²) in [6.45, 7) is -0.582. The molecule has 0 atom stereocenters. The van der Waals surface area contributed by atoms with E-state index in [9.17, 15) is 55.1 Å². The number of ketones is 4. The maximum atomic E-state index is 14.8. The topological polar surface area (TPSA) is 121 Å². The van der Waals surface area contributed by atoms with Gasteiger partial charge in [-0.15, -0.1) is 22.7 Å². The van der Waals surface area contributed by atoms with Gasteiger partial charge in [-0.2, -0.15) is 26.3 Å². The fraction of sp³-hybridized carbons (Fsp3) is 0.106. The SMILES string of the molecule is O=C1C(=O)c2cc(C(F)(F)F)ccc2/C1=C/c1cc2c(s1)-c1sc(/C=C3\C(=O)C(=O)c4cc(C(F)(F)F)ccc43)cc1C2(C(=O)OCc1ccccc1)C(=O)OCc1ccccc1. The van der Waals surface area contributed by atoms with Crippen LogP contribution in [-0.4, -0.2) is 35.1 Å². The van der Waals surface area contributed by atoms with Crippen molar-refractivity contribution in [3.05, 3.63) is 175 Å². The molecule has 0 saturated carbocycles. The highest BCUT2D eigenvalue weighted by molar-refractivity contribution is 7.23. The fourth-order valence-corrected chi connectivity index (χ4v) is 10.3. The standard InChI is InChI=1S/C47H24F6O8S2/c48-46(49,50)25-11-13-29-31(15-25)37(54)39(56)33(29)17-27-19-35-41(62-27)42-36(20-28(63-42)18-34-30-14-12-26(47(51,52)53)16-32(30)38(55)40(34)57)45(35,43(58)60-21-23-7-3-1-4-8-23)44(59)61-22-24-9-5-2-6-10-24/h1-20H,21-22H2/b33-17-,34-18-. The number of ether oxygens (including phenoxy) is 2. The second-order valence-electron chi connectivity index (χ2n) is 14.6. The normalized spacial score (nSPS) is 16.3. The van der Waals surface area contributed by atoms with Crippen LogP contribution in [0, 0.1) is 0 Å². The molecule has 0 bridgehead atoms. The third-order valence-electron chi connectivity index (χ3n) is 10.8. The number of hydrogen-bond donors (Lipinski definition) is 0. The van der Waals surface area contributed by atoms with Crippen LogP contribution in [0.3, 0.4) is 0 Å². The van der Waals surface area contributed by atoms with Gasteiger partial charge < -0.3 is 9.47 Å². The van der Waals surface area contributed by atoms with Gasteiger partial charge in [0.1, 0.15) is 13.2 Å². The molecule has 3 aliphatic rings. The van der Waals surface area contributed by atoms with E-state index in [2.05, 4.69) is 0 Å². The lowest BCUT2D eigenvalue weighted by Crippen LogP contribution is -2.45. The second-order valence-corrected chi connectivity index (χ2v) is 16.8. The van der Waals surface area contributed by atoms with E-state index in [-0.39, 0.29) is 56.4 Å². The number of Topliss-reactive ketones (excluding diaryl/α,β-unsaturated/α-hetero) is 4. The van der Waals surface area contributed by atoms with E-state index < -0.39 is 75.1 Å². The number of carbonyl (C=O) groups is 6. The van der Waals surface area contributed by atoms with Crippen molar-refractivity contribution in [3.8, 4) is 9.75 Å². The summed E-state index contributed by atoms with van der Waals surface area (Å²) in [5, 5.41) is 0. The van der Waals surface area contributed by atoms with Crippen LogP contribution in [0.1, 0.15) is 75.0 Å². The lowest BCUT2D eigenvalue weighted by Gasteiger charge is -2.26. The van der Waals surface area contributed by atoms with Crippen LogP contribution in [0.25, 0.3) is 33.1 Å². The molecule has 63 heavy (non-hydrogen) atoms. The molecule has 0 fully saturated rings. The van der Waals surface area contributed by atoms with Crippen molar-refractivity contribution in [1.29, 1.82) is 0 Å². The van der Waals surface area contributed by atoms with E-state index in [0.717, 1.165) is 46.9 Å². The average molecular weight is 895 g/mol. The van der Waals surface area contributed by atoms with Crippen molar-refractivity contribution in [1.82, 2.24) is 0 Å². The smallest absolute Gasteiger partial charge is 0.416 e. The minimum absolute atomic E-state index is 0.0495. The molecule has 0 unspecified atom stereocenters. The highest BCUT2D eigenvalue weighted by atomic mass is 32.1. The third kappa shape index (κ3) is 6.95. The zero-order chi connectivity index (χ0) is 44.6. The Bertz CT molecular complexity index is 2840. The maximum absolute atomic E-state index is 14.8. The Morgan fingerprint density at radius 1 is 0.508 bits per heavy atom. The summed E-state index contributed by atoms with van der Waals surface area (Å²) in [5.41, 5.74) is -4.78. The van der Waals surface area contributed by atoms with Crippen LogP contribution in [0.15, 0.2) is 109 Å². The maximum Gasteiger partial charge on any atom is 0.416 e. The number of rotatable bonds is 8. The summed E-state index contributed by atoms with van der Waals surface area (Å²) in [5.74, 6) is -6.59. The van der Waals surface area contributed by atoms with Gasteiger partial charge in [-0.1, -0.05) is 72.8 Å². The minimum Gasteiger partial charge on any atom is -0.459 e. The van der Waals surface area contributed by atoms with E-state index in [0.29, 0.717) is 33.0 Å². The van der Waals surface area contributed by atoms with Gasteiger partial charge in [0.05, 0.1) is 20.9 Å². The van der Waals surface area contributed by atoms with Crippen LogP contribution < -0.4 is 0 Å². The molecule has 3 aliphatic carbocycles. The first-order valence-corrected chi connectivity index (χ1v) is 20.4. The summed E-state index contributed by atoms with van der Waals surface area (Å²) in [7, 11) is 0. The van der Waals surface area contributed by atoms with Crippen LogP contribution in [-0.2, 0) is 59.6 Å². The Labute approximate surface area is 359 Å². The van der Waals surface area contributed by atoms with Crippen LogP contribution in [0.4, 0.5) is 26.3 Å². The number of halogens is 6. The summed E-state index contributed by atoms with van der Waals surface area (Å²) < 4.78 is 93.1. The quantitative estimate of drug-likeness (QED) is 0.0487. The van der Waals surface area contributed by atoms with Gasteiger partial charge >= 0.3 is 24.3 Å². The van der Waals surface area contributed by atoms with E-state index >= 15 is 0 Å². The van der Waals surface area contributed by atoms with E-state index in [4.69, 9.17) is 9.47 Å². The largest absolute Gasteiger partial charge is 0.459 e. The Kier molecular flexibility index (Phi) is 9.90. The third-order valence-corrected chi connectivity index (χ3v) is 13.1. The number of alkyl halides is 6. The molecule has 16 heteroatoms. The Morgan fingerprint density at radius 2 is 0.889 bits per heavy atom. The van der Waals surface area contributed by atoms with E-state index in [1.807, 2.05) is 0 Å². The van der Waals surface area contributed by atoms with Gasteiger partial charge in [0.2, 0.25) is 28.5 Å². The predicted octanol–water partition coefficient (Wildman–Crippen LogP) is 10.2. The first-order chi connectivity index (χ1) is 30.0. The highest BCUT2D eigenvalue weighted by Gasteiger charge is 2.60. The minimum atomic E-state index is -4.79. The first kappa shape index (κ1) is 41.3. The number of thiophene rings is 2. The van der Waals surface area contributed by atoms with Gasteiger partial charge in [-0.05, 0) is 70.8 Å². The molecule has 2 aromatic heterocycles. The molecule has 0 radical (unpaired) electrons. The summed E-state index contributed by atoms with van der Waals surface area (Å²) >= 11 is 1.96.